The van der Waals surface area contributed by atoms with Crippen LogP contribution in [0.1, 0.15) is 36.3 Å². The monoisotopic (exact) mass is 401 g/mol. The molecule has 146 valence electrons. The number of hydrogen-bond acceptors (Lipinski definition) is 6. The zero-order chi connectivity index (χ0) is 19.7. The maximum atomic E-state index is 13.2. The van der Waals surface area contributed by atoms with Gasteiger partial charge in [-0.15, -0.1) is 11.3 Å². The highest BCUT2D eigenvalue weighted by molar-refractivity contribution is 7.16. The van der Waals surface area contributed by atoms with E-state index in [0.29, 0.717) is 10.8 Å². The Kier molecular flexibility index (Phi) is 5.08. The lowest BCUT2D eigenvalue weighted by Gasteiger charge is -2.20. The number of aryl methyl sites for hydroxylation is 2. The summed E-state index contributed by atoms with van der Waals surface area (Å²) in [7, 11) is 0. The van der Waals surface area contributed by atoms with Crippen LogP contribution in [0.4, 0.5) is 15.2 Å². The maximum Gasteiger partial charge on any atom is 0.273 e. The van der Waals surface area contributed by atoms with Gasteiger partial charge in [0, 0.05) is 11.3 Å². The molecule has 1 atom stereocenters. The highest BCUT2D eigenvalue weighted by Gasteiger charge is 2.35. The molecule has 1 aliphatic carbocycles. The summed E-state index contributed by atoms with van der Waals surface area (Å²) < 4.78 is 13.2. The first-order valence-corrected chi connectivity index (χ1v) is 10.0. The van der Waals surface area contributed by atoms with Gasteiger partial charge in [-0.05, 0) is 49.9 Å². The van der Waals surface area contributed by atoms with Crippen molar-refractivity contribution >= 4 is 39.7 Å². The van der Waals surface area contributed by atoms with E-state index < -0.39 is 23.7 Å². The summed E-state index contributed by atoms with van der Waals surface area (Å²) in [6.45, 7) is 0. The third kappa shape index (κ3) is 3.75. The first-order chi connectivity index (χ1) is 13.5. The predicted molar refractivity (Wildman–Crippen MR) is 106 cm³/mol. The van der Waals surface area contributed by atoms with Crippen molar-refractivity contribution in [3.63, 3.8) is 0 Å². The van der Waals surface area contributed by atoms with E-state index in [1.807, 2.05) is 0 Å². The molecule has 4 rings (SSSR count). The number of halogens is 1. The molecule has 1 aromatic carbocycles. The van der Waals surface area contributed by atoms with Crippen molar-refractivity contribution in [3.05, 3.63) is 40.7 Å². The number of hydrogen-bond donors (Lipinski definition) is 2. The van der Waals surface area contributed by atoms with Gasteiger partial charge in [0.2, 0.25) is 5.91 Å². The Hall–Kier alpha value is -2.81. The molecule has 0 bridgehead atoms. The third-order valence-corrected chi connectivity index (χ3v) is 5.98. The van der Waals surface area contributed by atoms with Crippen molar-refractivity contribution in [1.82, 2.24) is 4.98 Å². The molecule has 2 aromatic rings. The van der Waals surface area contributed by atoms with Crippen LogP contribution in [0.25, 0.3) is 0 Å². The molecule has 2 aliphatic rings. The third-order valence-electron chi connectivity index (χ3n) is 4.91. The van der Waals surface area contributed by atoms with E-state index >= 15 is 0 Å². The molecular weight excluding hydrogens is 381 g/mol. The summed E-state index contributed by atoms with van der Waals surface area (Å²) in [4.78, 5) is 30.3. The first kappa shape index (κ1) is 18.5. The molecule has 0 spiro atoms. The number of nitrogens with two attached hydrogens (primary N) is 1. The van der Waals surface area contributed by atoms with Gasteiger partial charge in [0.15, 0.2) is 5.13 Å². The topological polar surface area (TPSA) is 101 Å². The molecule has 7 nitrogen and oxygen atoms in total. The predicted octanol–water partition coefficient (Wildman–Crippen LogP) is 2.61. The van der Waals surface area contributed by atoms with Gasteiger partial charge >= 0.3 is 0 Å². The molecule has 9 heteroatoms. The number of thiazole rings is 1. The number of carbonyl (C=O) groups excluding carboxylic acids is 2. The highest BCUT2D eigenvalue weighted by Crippen LogP contribution is 2.30. The smallest absolute Gasteiger partial charge is 0.273 e. The molecule has 1 unspecified atom stereocenters. The second-order valence-electron chi connectivity index (χ2n) is 6.89. The lowest BCUT2D eigenvalue weighted by molar-refractivity contribution is -0.119. The fourth-order valence-electron chi connectivity index (χ4n) is 3.45. The number of anilines is 2. The Morgan fingerprint density at radius 2 is 1.93 bits per heavy atom. The zero-order valence-electron chi connectivity index (χ0n) is 15.2. The molecule has 0 radical (unpaired) electrons. The highest BCUT2D eigenvalue weighted by atomic mass is 32.1. The largest absolute Gasteiger partial charge is 0.368 e. The van der Waals surface area contributed by atoms with Crippen LogP contribution in [0.2, 0.25) is 0 Å². The van der Waals surface area contributed by atoms with Crippen LogP contribution >= 0.6 is 11.3 Å². The fraction of sp³-hybridized carbons (Fsp3) is 0.368. The number of fused-ring (bicyclic) bond motifs is 1. The van der Waals surface area contributed by atoms with Gasteiger partial charge in [-0.1, -0.05) is 6.42 Å². The SMILES string of the molecule is NC(=O)C1CC(C(=O)Nc2nc3c(s2)CCCCC3)=NN1c1ccc(F)cc1. The zero-order valence-corrected chi connectivity index (χ0v) is 16.0. The van der Waals surface area contributed by atoms with Crippen molar-refractivity contribution in [3.8, 4) is 0 Å². The summed E-state index contributed by atoms with van der Waals surface area (Å²) >= 11 is 1.50. The number of hydrazone groups is 1. The number of nitrogens with one attached hydrogen (secondary N) is 1. The number of carbonyl (C=O) groups is 2. The van der Waals surface area contributed by atoms with Crippen molar-refractivity contribution < 1.29 is 14.0 Å². The van der Waals surface area contributed by atoms with Gasteiger partial charge in [-0.3, -0.25) is 19.9 Å². The lowest BCUT2D eigenvalue weighted by atomic mass is 10.1. The molecule has 0 fully saturated rings. The van der Waals surface area contributed by atoms with Crippen molar-refractivity contribution in [2.45, 2.75) is 44.6 Å². The first-order valence-electron chi connectivity index (χ1n) is 9.23. The van der Waals surface area contributed by atoms with Gasteiger partial charge in [0.1, 0.15) is 17.6 Å². The van der Waals surface area contributed by atoms with E-state index in [4.69, 9.17) is 5.73 Å². The number of benzene rings is 1. The summed E-state index contributed by atoms with van der Waals surface area (Å²) in [5.74, 6) is -1.40. The summed E-state index contributed by atoms with van der Waals surface area (Å²) in [5.41, 5.74) is 7.23. The number of rotatable bonds is 4. The Balaban J connectivity index is 1.53. The van der Waals surface area contributed by atoms with E-state index in [2.05, 4.69) is 15.4 Å². The minimum absolute atomic E-state index is 0.0869. The van der Waals surface area contributed by atoms with Crippen LogP contribution in [-0.4, -0.2) is 28.6 Å². The van der Waals surface area contributed by atoms with Gasteiger partial charge in [0.25, 0.3) is 5.91 Å². The summed E-state index contributed by atoms with van der Waals surface area (Å²) in [6.07, 6.45) is 5.47. The summed E-state index contributed by atoms with van der Waals surface area (Å²) in [6, 6.07) is 4.73. The fourth-order valence-corrected chi connectivity index (χ4v) is 4.50. The number of nitrogens with zero attached hydrogens (tertiary/aromatic N) is 3. The quantitative estimate of drug-likeness (QED) is 0.769. The van der Waals surface area contributed by atoms with E-state index in [1.54, 1.807) is 0 Å². The number of amides is 2. The lowest BCUT2D eigenvalue weighted by Crippen LogP contribution is -2.39. The second-order valence-corrected chi connectivity index (χ2v) is 7.98. The Morgan fingerprint density at radius 3 is 2.68 bits per heavy atom. The van der Waals surface area contributed by atoms with Crippen LogP contribution in [0.15, 0.2) is 29.4 Å². The van der Waals surface area contributed by atoms with Crippen molar-refractivity contribution in [1.29, 1.82) is 0 Å². The molecule has 0 saturated heterocycles. The van der Waals surface area contributed by atoms with E-state index in [1.165, 1.54) is 51.9 Å². The van der Waals surface area contributed by atoms with Crippen molar-refractivity contribution in [2.75, 3.05) is 10.3 Å². The average molecular weight is 401 g/mol. The second kappa shape index (κ2) is 7.67. The molecular formula is C19H20FN5O2S. The van der Waals surface area contributed by atoms with Gasteiger partial charge in [0.05, 0.1) is 11.4 Å². The molecule has 28 heavy (non-hydrogen) atoms. The van der Waals surface area contributed by atoms with E-state index in [0.717, 1.165) is 31.4 Å². The van der Waals surface area contributed by atoms with E-state index in [9.17, 15) is 14.0 Å². The molecule has 1 aliphatic heterocycles. The Bertz CT molecular complexity index is 917. The Morgan fingerprint density at radius 1 is 1.18 bits per heavy atom. The van der Waals surface area contributed by atoms with Crippen LogP contribution < -0.4 is 16.1 Å². The molecule has 2 heterocycles. The standard InChI is InChI=1S/C19H20FN5O2S/c20-11-6-8-12(9-7-11)25-15(17(21)26)10-14(24-25)18(27)23-19-22-13-4-2-1-3-5-16(13)28-19/h6-9,15H,1-5,10H2,(H2,21,26)(H,22,23,27). The maximum absolute atomic E-state index is 13.2. The minimum atomic E-state index is -0.792. The van der Waals surface area contributed by atoms with E-state index in [-0.39, 0.29) is 12.1 Å². The van der Waals surface area contributed by atoms with Gasteiger partial charge < -0.3 is 5.73 Å². The molecule has 1 aromatic heterocycles. The van der Waals surface area contributed by atoms with Gasteiger partial charge in [-0.25, -0.2) is 9.37 Å². The van der Waals surface area contributed by atoms with Crippen LogP contribution in [0, 0.1) is 5.82 Å². The normalized spacial score (nSPS) is 19.0. The van der Waals surface area contributed by atoms with Crippen molar-refractivity contribution in [2.24, 2.45) is 10.8 Å². The van der Waals surface area contributed by atoms with Crippen LogP contribution in [0.3, 0.4) is 0 Å². The molecule has 2 amide bonds. The molecule has 3 N–H and O–H groups in total. The summed E-state index contributed by atoms with van der Waals surface area (Å²) in [5, 5.41) is 9.00. The average Bonchev–Trinajstić information content (AvgIpc) is 3.21. The van der Waals surface area contributed by atoms with Crippen LogP contribution in [0.5, 0.6) is 0 Å². The minimum Gasteiger partial charge on any atom is -0.368 e. The van der Waals surface area contributed by atoms with Crippen LogP contribution in [-0.2, 0) is 22.4 Å². The number of aromatic nitrogens is 1. The molecule has 0 saturated carbocycles. The Labute approximate surface area is 165 Å². The van der Waals surface area contributed by atoms with Gasteiger partial charge in [-0.2, -0.15) is 5.10 Å². The number of primary amides is 1.